The zero-order chi connectivity index (χ0) is 94.1. The number of fused-ring (bicyclic) bond motifs is 7. The van der Waals surface area contributed by atoms with Gasteiger partial charge in [0.2, 0.25) is 0 Å². The molecule has 0 radical (unpaired) electrons. The number of hydrogen-bond acceptors (Lipinski definition) is 15. The Kier molecular flexibility index (Phi) is 48.3. The van der Waals surface area contributed by atoms with E-state index in [1.54, 1.807) is 71.9 Å². The van der Waals surface area contributed by atoms with Crippen LogP contribution in [-0.2, 0) is 29.4 Å². The van der Waals surface area contributed by atoms with E-state index >= 15 is 0 Å². The van der Waals surface area contributed by atoms with Gasteiger partial charge in [-0.1, -0.05) is 359 Å². The van der Waals surface area contributed by atoms with Crippen LogP contribution in [0.25, 0.3) is 87.3 Å². The maximum absolute atomic E-state index is 11.1. The molecule has 13 aromatic carbocycles. The van der Waals surface area contributed by atoms with Crippen LogP contribution < -0.4 is 10.6 Å². The summed E-state index contributed by atoms with van der Waals surface area (Å²) in [5.41, 5.74) is 16.5. The molecular weight excluding hydrogens is 1710 g/mol. The Morgan fingerprint density at radius 3 is 1.46 bits per heavy atom. The Bertz CT molecular complexity index is 5920. The third kappa shape index (κ3) is 40.2. The number of pyridine rings is 2. The molecule has 694 valence electrons. The second kappa shape index (κ2) is 64.1. The van der Waals surface area contributed by atoms with Crippen LogP contribution in [0.1, 0.15) is 76.3 Å². The van der Waals surface area contributed by atoms with Gasteiger partial charge in [-0.05, 0) is 186 Å². The molecule has 4 aliphatic rings. The number of ether oxygens (including phenoxy) is 1. The van der Waals surface area contributed by atoms with Crippen molar-refractivity contribution >= 4 is 83.0 Å². The minimum atomic E-state index is -0.211. The van der Waals surface area contributed by atoms with Crippen LogP contribution in [0.3, 0.4) is 0 Å². The number of imidazole rings is 1. The number of furan rings is 1. The molecule has 2 unspecified atom stereocenters. The van der Waals surface area contributed by atoms with Crippen molar-refractivity contribution in [3.8, 4) is 33.5 Å². The second-order valence-electron chi connectivity index (χ2n) is 31.1. The highest BCUT2D eigenvalue weighted by atomic mass is 32.1. The monoisotopic (exact) mass is 1830 g/mol. The highest BCUT2D eigenvalue weighted by Crippen LogP contribution is 2.31. The molecule has 1 saturated carbocycles. The summed E-state index contributed by atoms with van der Waals surface area (Å²) in [7, 11) is 3.26. The highest BCUT2D eigenvalue weighted by molar-refractivity contribution is 7.16. The molecule has 2 atom stereocenters. The van der Waals surface area contributed by atoms with Crippen LogP contribution in [0, 0.1) is 5.92 Å². The minimum absolute atomic E-state index is 0. The first-order valence-corrected chi connectivity index (χ1v) is 47.0. The number of esters is 1. The molecule has 137 heavy (non-hydrogen) atoms. The van der Waals surface area contributed by atoms with E-state index < -0.39 is 0 Å². The molecule has 3 aliphatic heterocycles. The second-order valence-corrected chi connectivity index (χ2v) is 32.0. The van der Waals surface area contributed by atoms with E-state index in [0.29, 0.717) is 6.42 Å². The maximum Gasteiger partial charge on any atom is 0.309 e. The summed E-state index contributed by atoms with van der Waals surface area (Å²) in [4.78, 5) is 44.3. The lowest BCUT2D eigenvalue weighted by Gasteiger charge is -2.36. The molecule has 17 nitrogen and oxygen atoms in total. The molecule has 4 N–H and O–H groups in total. The van der Waals surface area contributed by atoms with Gasteiger partial charge in [-0.15, -0.1) is 16.4 Å². The van der Waals surface area contributed by atoms with Crippen LogP contribution in [0.15, 0.2) is 490 Å². The van der Waals surface area contributed by atoms with Gasteiger partial charge in [0.05, 0.1) is 59.2 Å². The third-order valence-corrected chi connectivity index (χ3v) is 22.2. The normalized spacial score (nSPS) is 12.7. The number of nitrogens with zero attached hydrogens (tertiary/aromatic N) is 10. The third-order valence-electron chi connectivity index (χ3n) is 21.3. The van der Waals surface area contributed by atoms with Gasteiger partial charge in [0.25, 0.3) is 0 Å². The number of aromatic nitrogens is 11. The molecular formula is C119H124N14O3S. The van der Waals surface area contributed by atoms with E-state index in [-0.39, 0.29) is 13.4 Å². The number of benzene rings is 13. The van der Waals surface area contributed by atoms with E-state index in [1.165, 1.54) is 145 Å². The lowest BCUT2D eigenvalue weighted by atomic mass is 9.80. The SMILES string of the molecule is C.C1=Nc2ccccc2C1.C1CCC2NCCCC2C1.C1CCNCC1.COC(=O)Cc1ccc(-c2ccccc2)cc1.Cn1cc(-c2ccccc2)nn1.c1c[nH]cn1.c1ccc(-c2ccccc2)cc1.c1ccc2[nH]ccc2c1.c1ccc2ccccc2c1.c1ccc2ncccc2c1.c1ccc2occc2c1.c1ccc2scnc2c1.c1ccccc1.c1ccncc1.c1cncnc1. The summed E-state index contributed by atoms with van der Waals surface area (Å²) < 4.78 is 12.7. The highest BCUT2D eigenvalue weighted by Gasteiger charge is 2.26. The van der Waals surface area contributed by atoms with E-state index in [1.807, 2.05) is 280 Å². The lowest BCUT2D eigenvalue weighted by Crippen LogP contribution is -2.42. The van der Waals surface area contributed by atoms with Crippen molar-refractivity contribution in [3.63, 3.8) is 0 Å². The molecule has 25 rings (SSSR count). The molecule has 3 fully saturated rings. The number of para-hydroxylation sites is 5. The molecule has 11 heterocycles. The predicted octanol–water partition coefficient (Wildman–Crippen LogP) is 28.8. The first kappa shape index (κ1) is 103. The number of rotatable bonds is 5. The number of carbonyl (C=O) groups is 1. The van der Waals surface area contributed by atoms with Gasteiger partial charge in [0.15, 0.2) is 0 Å². The minimum Gasteiger partial charge on any atom is -0.469 e. The molecule has 0 amide bonds. The number of methoxy groups -OCH3 is 1. The zero-order valence-corrected chi connectivity index (χ0v) is 78.2. The van der Waals surface area contributed by atoms with Crippen molar-refractivity contribution in [3.05, 3.63) is 492 Å². The predicted molar refractivity (Wildman–Crippen MR) is 572 cm³/mol. The number of aliphatic imine (C=N–C) groups is 1. The summed E-state index contributed by atoms with van der Waals surface area (Å²) in [6.45, 7) is 3.78. The number of aryl methyl sites for hydroxylation is 1. The van der Waals surface area contributed by atoms with Gasteiger partial charge in [0.1, 0.15) is 17.6 Å². The number of carbonyl (C=O) groups excluding carboxylic acids is 1. The molecule has 0 spiro atoms. The van der Waals surface area contributed by atoms with Crippen LogP contribution in [0.2, 0.25) is 0 Å². The number of aromatic amines is 2. The quantitative estimate of drug-likeness (QED) is 0.118. The van der Waals surface area contributed by atoms with Gasteiger partial charge in [-0.25, -0.2) is 19.9 Å². The van der Waals surface area contributed by atoms with Gasteiger partial charge in [-0.3, -0.25) is 24.4 Å². The fourth-order valence-corrected chi connectivity index (χ4v) is 15.1. The number of H-pyrrole nitrogens is 2. The average Bonchev–Trinajstić information content (AvgIpc) is 1.87. The standard InChI is InChI=1S/C15H14O2.C12H10.C10H8.C9H9N3.C9H17N.C9H7N.2C8H7N.C8H6O.C7H5NS.C6H6.C5H11N.C5H5N.C4H4N2.C3H4N2.CH4/c1-17-15(16)11-12-7-9-14(10-8-12)13-5-3-2-4-6-13;1-3-7-11(8-4-1)12-9-5-2-6-10-12;1-2-6-10-8-4-3-7-9(10)5-1;1-12-7-9(10-11-12)8-5-3-2-4-6-8;2*1-2-6-9-8(4-1)5-3-7-10-9;3*1-2-4-8-7(3-1)5-6-9-8;1-2-4-7-6(3-1)8-5-9-7;3*1-2-4-6-5-3-1;1-2-5-4-6-3-1;1-2-5-3-4-1;/h2-10H,11H2,1H3;1-10H;1-8H;2-7H,1H3;8-10H,1-7H2;1-7H;1-4,6H,5H2;1-6,9H;1-6H;1-5H;1-6H;6H,1-5H2;1-5H;1-4H;1-3H,(H,4,5);1H4. The van der Waals surface area contributed by atoms with E-state index in [4.69, 9.17) is 4.42 Å². The summed E-state index contributed by atoms with van der Waals surface area (Å²) in [5.74, 6) is 0.833. The maximum atomic E-state index is 11.1. The molecule has 18 heteroatoms. The van der Waals surface area contributed by atoms with Crippen LogP contribution in [0.4, 0.5) is 5.69 Å². The number of piperidine rings is 2. The first-order valence-electron chi connectivity index (χ1n) is 46.1. The zero-order valence-electron chi connectivity index (χ0n) is 77.3. The van der Waals surface area contributed by atoms with Gasteiger partial charge < -0.3 is 29.8 Å². The summed E-state index contributed by atoms with van der Waals surface area (Å²) in [6, 6.07) is 135. The Labute approximate surface area is 811 Å². The summed E-state index contributed by atoms with van der Waals surface area (Å²) in [6.07, 6.45) is 37.1. The lowest BCUT2D eigenvalue weighted by molar-refractivity contribution is -0.139. The Morgan fingerprint density at radius 1 is 0.431 bits per heavy atom. The van der Waals surface area contributed by atoms with Crippen LogP contribution in [-0.4, -0.2) is 99.8 Å². The van der Waals surface area contributed by atoms with Crippen molar-refractivity contribution < 1.29 is 13.9 Å². The van der Waals surface area contributed by atoms with Gasteiger partial charge in [0, 0.05) is 97.2 Å². The van der Waals surface area contributed by atoms with Crippen molar-refractivity contribution in [2.24, 2.45) is 18.0 Å². The first-order chi connectivity index (χ1) is 67.4. The number of hydrogen-bond donors (Lipinski definition) is 4. The average molecular weight is 1830 g/mol. The molecule has 2 saturated heterocycles. The van der Waals surface area contributed by atoms with Gasteiger partial charge >= 0.3 is 5.97 Å². The Morgan fingerprint density at radius 2 is 0.956 bits per heavy atom. The Balaban J connectivity index is 0.000000153. The van der Waals surface area contributed by atoms with Crippen molar-refractivity contribution in [1.82, 2.24) is 65.5 Å². The van der Waals surface area contributed by atoms with Crippen molar-refractivity contribution in [2.75, 3.05) is 26.7 Å². The summed E-state index contributed by atoms with van der Waals surface area (Å²) >= 11 is 1.68. The molecule has 8 aromatic heterocycles. The molecule has 1 aliphatic carbocycles. The number of thiazole rings is 1. The van der Waals surface area contributed by atoms with Crippen molar-refractivity contribution in [1.29, 1.82) is 0 Å². The summed E-state index contributed by atoms with van der Waals surface area (Å²) in [5, 5.41) is 21.0. The van der Waals surface area contributed by atoms with E-state index in [0.717, 1.165) is 68.5 Å². The fourth-order valence-electron chi connectivity index (χ4n) is 14.4. The van der Waals surface area contributed by atoms with E-state index in [9.17, 15) is 4.79 Å². The van der Waals surface area contributed by atoms with Crippen molar-refractivity contribution in [2.45, 2.75) is 84.1 Å². The van der Waals surface area contributed by atoms with Crippen LogP contribution >= 0.6 is 11.3 Å². The van der Waals surface area contributed by atoms with Crippen LogP contribution in [0.5, 0.6) is 0 Å². The molecule has 0 bridgehead atoms. The Hall–Kier alpha value is -15.9. The van der Waals surface area contributed by atoms with E-state index in [2.05, 4.69) is 222 Å². The topological polar surface area (TPSA) is 215 Å². The largest absolute Gasteiger partial charge is 0.469 e. The fraction of sp³-hybridized carbons (Fsp3) is 0.160. The number of nitrogens with one attached hydrogen (secondary N) is 4. The smallest absolute Gasteiger partial charge is 0.309 e. The molecule has 21 aromatic rings. The van der Waals surface area contributed by atoms with Gasteiger partial charge in [-0.2, -0.15) is 0 Å².